The monoisotopic (exact) mass is 242 g/mol. The van der Waals surface area contributed by atoms with E-state index in [1.165, 1.54) is 24.3 Å². The second-order valence-corrected chi connectivity index (χ2v) is 5.89. The van der Waals surface area contributed by atoms with E-state index in [0.29, 0.717) is 13.0 Å². The summed E-state index contributed by atoms with van der Waals surface area (Å²) < 4.78 is 36.9. The van der Waals surface area contributed by atoms with E-state index in [4.69, 9.17) is 0 Å². The van der Waals surface area contributed by atoms with Crippen LogP contribution in [-0.4, -0.2) is 20.3 Å². The Morgan fingerprint density at radius 3 is 2.50 bits per heavy atom. The average molecular weight is 242 g/mol. The van der Waals surface area contributed by atoms with Gasteiger partial charge in [0, 0.05) is 0 Å². The van der Waals surface area contributed by atoms with Gasteiger partial charge in [-0.1, -0.05) is 0 Å². The van der Waals surface area contributed by atoms with Crippen LogP contribution < -0.4 is 5.32 Å². The number of nitrogens with one attached hydrogen (secondary N) is 1. The predicted molar refractivity (Wildman–Crippen MR) is 58.9 cm³/mol. The fourth-order valence-electron chi connectivity index (χ4n) is 1.74. The minimum Gasteiger partial charge on any atom is -0.301 e. The third-order valence-corrected chi connectivity index (χ3v) is 4.72. The Morgan fingerprint density at radius 1 is 1.25 bits per heavy atom. The molecule has 0 amide bonds. The molecule has 87 valence electrons. The Bertz CT molecular complexity index is 449. The maximum atomic E-state index is 12.7. The van der Waals surface area contributed by atoms with E-state index in [1.807, 2.05) is 6.42 Å². The van der Waals surface area contributed by atoms with Crippen molar-refractivity contribution in [3.63, 3.8) is 0 Å². The van der Waals surface area contributed by atoms with Crippen molar-refractivity contribution in [3.05, 3.63) is 36.5 Å². The lowest BCUT2D eigenvalue weighted by Gasteiger charge is -2.23. The maximum absolute atomic E-state index is 12.7. The largest absolute Gasteiger partial charge is 0.301 e. The van der Waals surface area contributed by atoms with Gasteiger partial charge in [0.1, 0.15) is 11.2 Å². The third kappa shape index (κ3) is 2.25. The van der Waals surface area contributed by atoms with E-state index >= 15 is 0 Å². The van der Waals surface area contributed by atoms with E-state index in [2.05, 4.69) is 5.32 Å². The normalized spacial score (nSPS) is 21.9. The van der Waals surface area contributed by atoms with Crippen molar-refractivity contribution in [1.29, 1.82) is 0 Å². The van der Waals surface area contributed by atoms with Crippen LogP contribution in [0.2, 0.25) is 0 Å². The number of hydrogen-bond donors (Lipinski definition) is 1. The molecule has 3 nitrogen and oxygen atoms in total. The molecule has 0 spiro atoms. The van der Waals surface area contributed by atoms with Crippen molar-refractivity contribution in [3.8, 4) is 0 Å². The van der Waals surface area contributed by atoms with Crippen LogP contribution in [0.3, 0.4) is 0 Å². The molecule has 1 saturated heterocycles. The summed E-state index contributed by atoms with van der Waals surface area (Å²) >= 11 is 0. The van der Waals surface area contributed by atoms with Crippen LogP contribution in [0.15, 0.2) is 29.2 Å². The quantitative estimate of drug-likeness (QED) is 0.800. The molecule has 1 N–H and O–H groups in total. The van der Waals surface area contributed by atoms with E-state index in [9.17, 15) is 12.8 Å². The molecule has 0 bridgehead atoms. The molecule has 1 aliphatic rings. The topological polar surface area (TPSA) is 46.2 Å². The molecule has 1 aliphatic heterocycles. The first-order chi connectivity index (χ1) is 7.60. The second kappa shape index (κ2) is 4.51. The first kappa shape index (κ1) is 11.5. The fourth-order valence-corrected chi connectivity index (χ4v) is 3.35. The number of benzene rings is 1. The summed E-state index contributed by atoms with van der Waals surface area (Å²) in [4.78, 5) is 0.174. The summed E-state index contributed by atoms with van der Waals surface area (Å²) in [5, 5.41) is 2.38. The van der Waals surface area contributed by atoms with Crippen molar-refractivity contribution < 1.29 is 12.8 Å². The van der Waals surface area contributed by atoms with Gasteiger partial charge in [0.2, 0.25) is 0 Å². The van der Waals surface area contributed by atoms with Crippen LogP contribution in [0.4, 0.5) is 4.39 Å². The van der Waals surface area contributed by atoms with Gasteiger partial charge in [0.05, 0.1) is 4.90 Å². The van der Waals surface area contributed by atoms with Gasteiger partial charge < -0.3 is 5.32 Å². The van der Waals surface area contributed by atoms with Gasteiger partial charge >= 0.3 is 0 Å². The Balaban J connectivity index is 2.27. The molecular formula is C11H13FNO2S. The molecule has 0 aromatic heterocycles. The van der Waals surface area contributed by atoms with Crippen molar-refractivity contribution in [2.75, 3.05) is 6.54 Å². The summed E-state index contributed by atoms with van der Waals surface area (Å²) in [5.74, 6) is -0.427. The molecule has 1 unspecified atom stereocenters. The number of rotatable bonds is 2. The van der Waals surface area contributed by atoms with E-state index in [0.717, 1.165) is 6.42 Å². The lowest BCUT2D eigenvalue weighted by molar-refractivity contribution is 0.509. The first-order valence-electron chi connectivity index (χ1n) is 5.15. The molecular weight excluding hydrogens is 229 g/mol. The molecule has 1 heterocycles. The van der Waals surface area contributed by atoms with Gasteiger partial charge in [0.15, 0.2) is 9.84 Å². The lowest BCUT2D eigenvalue weighted by Crippen LogP contribution is -2.40. The molecule has 1 atom stereocenters. The third-order valence-electron chi connectivity index (χ3n) is 2.64. The second-order valence-electron chi connectivity index (χ2n) is 3.76. The van der Waals surface area contributed by atoms with Crippen molar-refractivity contribution in [1.82, 2.24) is 5.32 Å². The zero-order chi connectivity index (χ0) is 11.6. The van der Waals surface area contributed by atoms with Gasteiger partial charge in [-0.2, -0.15) is 0 Å². The van der Waals surface area contributed by atoms with Crippen LogP contribution in [0.1, 0.15) is 12.8 Å². The van der Waals surface area contributed by atoms with Crippen LogP contribution in [0.25, 0.3) is 0 Å². The Labute approximate surface area is 94.6 Å². The van der Waals surface area contributed by atoms with Gasteiger partial charge in [-0.05, 0) is 50.1 Å². The molecule has 1 radical (unpaired) electrons. The number of piperidine rings is 1. The SMILES string of the molecule is O=S(=O)(c1ccc(F)cc1)C1CC[CH]CN1. The molecule has 5 heteroatoms. The average Bonchev–Trinajstić information content (AvgIpc) is 2.31. The van der Waals surface area contributed by atoms with E-state index in [1.54, 1.807) is 0 Å². The fraction of sp³-hybridized carbons (Fsp3) is 0.364. The van der Waals surface area contributed by atoms with Gasteiger partial charge in [-0.25, -0.2) is 12.8 Å². The smallest absolute Gasteiger partial charge is 0.194 e. The predicted octanol–water partition coefficient (Wildman–Crippen LogP) is 1.51. The first-order valence-corrected chi connectivity index (χ1v) is 6.70. The zero-order valence-electron chi connectivity index (χ0n) is 8.69. The molecule has 16 heavy (non-hydrogen) atoms. The standard InChI is InChI=1S/C11H13FNO2S/c12-9-4-6-10(7-5-9)16(14,15)11-3-1-2-8-13-11/h2,4-7,11,13H,1,3,8H2. The van der Waals surface area contributed by atoms with Crippen LogP contribution >= 0.6 is 0 Å². The van der Waals surface area contributed by atoms with Crippen LogP contribution in [0, 0.1) is 12.2 Å². The van der Waals surface area contributed by atoms with E-state index in [-0.39, 0.29) is 4.90 Å². The molecule has 1 aromatic rings. The lowest BCUT2D eigenvalue weighted by atomic mass is 10.2. The molecule has 2 rings (SSSR count). The molecule has 1 aromatic carbocycles. The summed E-state index contributed by atoms with van der Waals surface area (Å²) in [5.41, 5.74) is 0. The highest BCUT2D eigenvalue weighted by molar-refractivity contribution is 7.92. The van der Waals surface area contributed by atoms with Gasteiger partial charge in [-0.3, -0.25) is 0 Å². The number of hydrogen-bond acceptors (Lipinski definition) is 3. The molecule has 0 aliphatic carbocycles. The van der Waals surface area contributed by atoms with Crippen LogP contribution in [-0.2, 0) is 9.84 Å². The summed E-state index contributed by atoms with van der Waals surface area (Å²) in [6.07, 6.45) is 3.37. The van der Waals surface area contributed by atoms with Crippen LogP contribution in [0.5, 0.6) is 0 Å². The number of sulfone groups is 1. The Hall–Kier alpha value is -0.940. The zero-order valence-corrected chi connectivity index (χ0v) is 9.50. The highest BCUT2D eigenvalue weighted by Crippen LogP contribution is 2.20. The molecule has 1 fully saturated rings. The highest BCUT2D eigenvalue weighted by Gasteiger charge is 2.28. The van der Waals surface area contributed by atoms with Crippen molar-refractivity contribution in [2.45, 2.75) is 23.1 Å². The molecule has 0 saturated carbocycles. The van der Waals surface area contributed by atoms with Crippen molar-refractivity contribution in [2.24, 2.45) is 0 Å². The van der Waals surface area contributed by atoms with Crippen molar-refractivity contribution >= 4 is 9.84 Å². The minimum atomic E-state index is -3.38. The van der Waals surface area contributed by atoms with Gasteiger partial charge in [-0.15, -0.1) is 0 Å². The maximum Gasteiger partial charge on any atom is 0.194 e. The Kier molecular flexibility index (Phi) is 3.25. The highest BCUT2D eigenvalue weighted by atomic mass is 32.2. The minimum absolute atomic E-state index is 0.174. The Morgan fingerprint density at radius 2 is 1.94 bits per heavy atom. The van der Waals surface area contributed by atoms with E-state index < -0.39 is 21.0 Å². The number of halogens is 1. The summed E-state index contributed by atoms with van der Waals surface area (Å²) in [6.45, 7) is 0.602. The summed E-state index contributed by atoms with van der Waals surface area (Å²) in [7, 11) is -3.38. The van der Waals surface area contributed by atoms with Gasteiger partial charge in [0.25, 0.3) is 0 Å². The summed E-state index contributed by atoms with van der Waals surface area (Å²) in [6, 6.07) is 4.96.